The van der Waals surface area contributed by atoms with Crippen LogP contribution < -0.4 is 10.1 Å². The zero-order valence-corrected chi connectivity index (χ0v) is 10.3. The van der Waals surface area contributed by atoms with E-state index in [1.807, 2.05) is 14.0 Å². The molecule has 0 amide bonds. The fourth-order valence-electron chi connectivity index (χ4n) is 2.20. The summed E-state index contributed by atoms with van der Waals surface area (Å²) >= 11 is 0. The van der Waals surface area contributed by atoms with Crippen LogP contribution in [0.5, 0.6) is 5.75 Å². The number of halogens is 3. The fourth-order valence-corrected chi connectivity index (χ4v) is 2.20. The lowest BCUT2D eigenvalue weighted by Gasteiger charge is -2.15. The van der Waals surface area contributed by atoms with E-state index in [1.54, 1.807) is 0 Å². The fraction of sp³-hybridized carbons (Fsp3) is 0.538. The maximum atomic E-state index is 12.7. The summed E-state index contributed by atoms with van der Waals surface area (Å²) in [5.74, 6) is 0.612. The number of alkyl halides is 3. The third-order valence-corrected chi connectivity index (χ3v) is 3.35. The highest BCUT2D eigenvalue weighted by Crippen LogP contribution is 2.40. The van der Waals surface area contributed by atoms with E-state index < -0.39 is 11.7 Å². The highest BCUT2D eigenvalue weighted by molar-refractivity contribution is 5.43. The van der Waals surface area contributed by atoms with Gasteiger partial charge in [0.1, 0.15) is 5.75 Å². The molecular formula is C13H16F3NO. The van der Waals surface area contributed by atoms with Crippen molar-refractivity contribution in [2.45, 2.75) is 31.5 Å². The normalized spacial score (nSPS) is 20.4. The summed E-state index contributed by atoms with van der Waals surface area (Å²) in [7, 11) is 1.84. The van der Waals surface area contributed by atoms with E-state index in [2.05, 4.69) is 5.32 Å². The summed E-state index contributed by atoms with van der Waals surface area (Å²) < 4.78 is 43.4. The molecule has 100 valence electrons. The van der Waals surface area contributed by atoms with Crippen LogP contribution in [0, 0.1) is 0 Å². The van der Waals surface area contributed by atoms with Crippen LogP contribution in [-0.4, -0.2) is 19.7 Å². The van der Waals surface area contributed by atoms with Crippen molar-refractivity contribution in [2.24, 2.45) is 0 Å². The lowest BCUT2D eigenvalue weighted by molar-refractivity contribution is -0.137. The van der Waals surface area contributed by atoms with Crippen LogP contribution in [0.2, 0.25) is 0 Å². The van der Waals surface area contributed by atoms with E-state index in [-0.39, 0.29) is 12.0 Å². The number of hydrogen-bond acceptors (Lipinski definition) is 2. The largest absolute Gasteiger partial charge is 0.493 e. The molecule has 0 saturated heterocycles. The average molecular weight is 259 g/mol. The van der Waals surface area contributed by atoms with Gasteiger partial charge in [0.05, 0.1) is 12.2 Å². The van der Waals surface area contributed by atoms with Gasteiger partial charge in [-0.15, -0.1) is 0 Å². The number of ether oxygens (including phenoxy) is 1. The molecule has 1 aromatic rings. The molecule has 0 aromatic heterocycles. The van der Waals surface area contributed by atoms with Crippen LogP contribution in [0.3, 0.4) is 0 Å². The van der Waals surface area contributed by atoms with Crippen molar-refractivity contribution in [3.63, 3.8) is 0 Å². The summed E-state index contributed by atoms with van der Waals surface area (Å²) in [6.45, 7) is 2.47. The quantitative estimate of drug-likeness (QED) is 0.900. The number of fused-ring (bicyclic) bond motifs is 1. The summed E-state index contributed by atoms with van der Waals surface area (Å²) in [4.78, 5) is 0. The van der Waals surface area contributed by atoms with Gasteiger partial charge in [-0.1, -0.05) is 0 Å². The highest BCUT2D eigenvalue weighted by Gasteiger charge is 2.34. The van der Waals surface area contributed by atoms with Crippen LogP contribution in [0.4, 0.5) is 13.2 Å². The van der Waals surface area contributed by atoms with Gasteiger partial charge in [-0.3, -0.25) is 0 Å². The van der Waals surface area contributed by atoms with Crippen LogP contribution in [0.1, 0.15) is 30.4 Å². The average Bonchev–Trinajstić information content (AvgIpc) is 2.70. The van der Waals surface area contributed by atoms with Gasteiger partial charge in [-0.05, 0) is 38.6 Å². The predicted molar refractivity (Wildman–Crippen MR) is 62.8 cm³/mol. The monoisotopic (exact) mass is 259 g/mol. The topological polar surface area (TPSA) is 21.3 Å². The number of hydrogen-bond donors (Lipinski definition) is 1. The van der Waals surface area contributed by atoms with Crippen molar-refractivity contribution in [1.29, 1.82) is 0 Å². The van der Waals surface area contributed by atoms with Gasteiger partial charge in [-0.2, -0.15) is 13.2 Å². The maximum Gasteiger partial charge on any atom is 0.416 e. The molecule has 18 heavy (non-hydrogen) atoms. The molecule has 1 N–H and O–H groups in total. The van der Waals surface area contributed by atoms with E-state index in [0.717, 1.165) is 12.5 Å². The zero-order valence-electron chi connectivity index (χ0n) is 10.3. The Kier molecular flexibility index (Phi) is 3.52. The van der Waals surface area contributed by atoms with E-state index in [4.69, 9.17) is 4.74 Å². The Bertz CT molecular complexity index is 431. The van der Waals surface area contributed by atoms with Crippen molar-refractivity contribution < 1.29 is 17.9 Å². The molecular weight excluding hydrogens is 243 g/mol. The minimum atomic E-state index is -4.29. The first-order valence-corrected chi connectivity index (χ1v) is 5.93. The Labute approximate surface area is 104 Å². The second-order valence-corrected chi connectivity index (χ2v) is 4.68. The molecule has 1 heterocycles. The molecule has 1 aromatic carbocycles. The Balaban J connectivity index is 2.25. The molecule has 0 fully saturated rings. The summed E-state index contributed by atoms with van der Waals surface area (Å²) in [6.07, 6.45) is -3.53. The molecule has 1 aliphatic rings. The summed E-state index contributed by atoms with van der Waals surface area (Å²) in [5.41, 5.74) is 0.0702. The molecule has 0 saturated carbocycles. The Hall–Kier alpha value is -1.23. The van der Waals surface area contributed by atoms with Gasteiger partial charge in [-0.25, -0.2) is 0 Å². The minimum absolute atomic E-state index is 0.0322. The molecule has 1 aliphatic heterocycles. The molecule has 0 bridgehead atoms. The summed E-state index contributed by atoms with van der Waals surface area (Å²) in [5, 5.41) is 3.09. The lowest BCUT2D eigenvalue weighted by atomic mass is 9.93. The Morgan fingerprint density at radius 3 is 2.78 bits per heavy atom. The van der Waals surface area contributed by atoms with Gasteiger partial charge in [0.15, 0.2) is 0 Å². The SMILES string of the molecule is CNC(C)CC1COc2ccc(C(F)(F)F)cc21. The van der Waals surface area contributed by atoms with Gasteiger partial charge < -0.3 is 10.1 Å². The van der Waals surface area contributed by atoms with Crippen molar-refractivity contribution >= 4 is 0 Å². The molecule has 2 nitrogen and oxygen atoms in total. The third-order valence-electron chi connectivity index (χ3n) is 3.35. The molecule has 2 atom stereocenters. The van der Waals surface area contributed by atoms with Crippen molar-refractivity contribution in [2.75, 3.05) is 13.7 Å². The molecule has 0 spiro atoms. The van der Waals surface area contributed by atoms with Crippen molar-refractivity contribution in [3.05, 3.63) is 29.3 Å². The minimum Gasteiger partial charge on any atom is -0.493 e. The van der Waals surface area contributed by atoms with Gasteiger partial charge in [0.25, 0.3) is 0 Å². The molecule has 0 radical (unpaired) electrons. The molecule has 2 rings (SSSR count). The first kappa shape index (κ1) is 13.2. The summed E-state index contributed by atoms with van der Waals surface area (Å²) in [6, 6.07) is 3.96. The number of benzene rings is 1. The predicted octanol–water partition coefficient (Wildman–Crippen LogP) is 3.18. The zero-order chi connectivity index (χ0) is 13.3. The Morgan fingerprint density at radius 1 is 1.44 bits per heavy atom. The van der Waals surface area contributed by atoms with Crippen molar-refractivity contribution in [3.8, 4) is 5.75 Å². The first-order chi connectivity index (χ1) is 8.41. The van der Waals surface area contributed by atoms with Crippen LogP contribution in [0.15, 0.2) is 18.2 Å². The molecule has 2 unspecified atom stereocenters. The van der Waals surface area contributed by atoms with Gasteiger partial charge in [0.2, 0.25) is 0 Å². The third kappa shape index (κ3) is 2.61. The van der Waals surface area contributed by atoms with Crippen LogP contribution in [0.25, 0.3) is 0 Å². The second-order valence-electron chi connectivity index (χ2n) is 4.68. The molecule has 5 heteroatoms. The Morgan fingerprint density at radius 2 is 2.17 bits per heavy atom. The van der Waals surface area contributed by atoms with Crippen molar-refractivity contribution in [1.82, 2.24) is 5.32 Å². The lowest BCUT2D eigenvalue weighted by Crippen LogP contribution is -2.24. The van der Waals surface area contributed by atoms with Crippen LogP contribution >= 0.6 is 0 Å². The van der Waals surface area contributed by atoms with Gasteiger partial charge in [0, 0.05) is 17.5 Å². The second kappa shape index (κ2) is 4.80. The van der Waals surface area contributed by atoms with E-state index in [9.17, 15) is 13.2 Å². The highest BCUT2D eigenvalue weighted by atomic mass is 19.4. The first-order valence-electron chi connectivity index (χ1n) is 5.93. The number of rotatable bonds is 3. The van der Waals surface area contributed by atoms with E-state index >= 15 is 0 Å². The number of nitrogens with one attached hydrogen (secondary N) is 1. The molecule has 0 aliphatic carbocycles. The van der Waals surface area contributed by atoms with Crippen LogP contribution in [-0.2, 0) is 6.18 Å². The van der Waals surface area contributed by atoms with E-state index in [1.165, 1.54) is 12.1 Å². The van der Waals surface area contributed by atoms with E-state index in [0.29, 0.717) is 17.9 Å². The standard InChI is InChI=1S/C13H16F3NO/c1-8(17-2)5-9-7-18-12-4-3-10(6-11(9)12)13(14,15)16/h3-4,6,8-9,17H,5,7H2,1-2H3. The van der Waals surface area contributed by atoms with Gasteiger partial charge >= 0.3 is 6.18 Å². The smallest absolute Gasteiger partial charge is 0.416 e. The maximum absolute atomic E-state index is 12.7.